The van der Waals surface area contributed by atoms with E-state index in [1.165, 1.54) is 10.9 Å². The summed E-state index contributed by atoms with van der Waals surface area (Å²) in [6.07, 6.45) is 1.39. The highest BCUT2D eigenvalue weighted by Gasteiger charge is 2.09. The predicted octanol–water partition coefficient (Wildman–Crippen LogP) is -0.761. The first-order valence-corrected chi connectivity index (χ1v) is 5.55. The number of esters is 1. The van der Waals surface area contributed by atoms with Crippen LogP contribution in [0.15, 0.2) is 11.1 Å². The summed E-state index contributed by atoms with van der Waals surface area (Å²) in [4.78, 5) is 32.8. The van der Waals surface area contributed by atoms with Gasteiger partial charge in [0, 0.05) is 0 Å². The predicted molar refractivity (Wildman–Crippen MR) is 65.1 cm³/mol. The molecular formula is C10H13N5O4. The Hall–Kier alpha value is -2.42. The van der Waals surface area contributed by atoms with E-state index in [0.717, 1.165) is 0 Å². The lowest BCUT2D eigenvalue weighted by atomic mass is 10.5. The molecule has 0 aromatic carbocycles. The van der Waals surface area contributed by atoms with Gasteiger partial charge in [-0.15, -0.1) is 0 Å². The summed E-state index contributed by atoms with van der Waals surface area (Å²) in [5, 5.41) is 0. The fourth-order valence-corrected chi connectivity index (χ4v) is 1.50. The zero-order valence-electron chi connectivity index (χ0n) is 10.3. The molecule has 0 saturated carbocycles. The fraction of sp³-hybridized carbons (Fsp3) is 0.400. The van der Waals surface area contributed by atoms with Crippen molar-refractivity contribution in [3.8, 4) is 0 Å². The Bertz CT molecular complexity index is 647. The number of aromatic nitrogens is 4. The number of nitrogens with two attached hydrogens (primary N) is 1. The van der Waals surface area contributed by atoms with E-state index in [-0.39, 0.29) is 24.8 Å². The summed E-state index contributed by atoms with van der Waals surface area (Å²) >= 11 is 0. The van der Waals surface area contributed by atoms with E-state index in [2.05, 4.69) is 15.0 Å². The fourth-order valence-electron chi connectivity index (χ4n) is 1.50. The number of hydrogen-bond acceptors (Lipinski definition) is 7. The number of carbonyl (C=O) groups excluding carboxylic acids is 1. The Morgan fingerprint density at radius 1 is 1.58 bits per heavy atom. The molecular weight excluding hydrogens is 254 g/mol. The van der Waals surface area contributed by atoms with Gasteiger partial charge in [0.25, 0.3) is 5.56 Å². The molecule has 2 aromatic rings. The summed E-state index contributed by atoms with van der Waals surface area (Å²) in [5.41, 5.74) is 5.48. The molecule has 2 aromatic heterocycles. The van der Waals surface area contributed by atoms with Gasteiger partial charge in [0.2, 0.25) is 5.95 Å². The first-order valence-electron chi connectivity index (χ1n) is 5.55. The van der Waals surface area contributed by atoms with Gasteiger partial charge in [-0.25, -0.2) is 9.78 Å². The van der Waals surface area contributed by atoms with Gasteiger partial charge in [-0.2, -0.15) is 4.98 Å². The van der Waals surface area contributed by atoms with Crippen LogP contribution in [-0.4, -0.2) is 38.7 Å². The SMILES string of the molecule is CCOC(=O)COCn1cnc2c(=O)[nH]c(N)nc21. The maximum atomic E-state index is 11.5. The van der Waals surface area contributed by atoms with E-state index in [9.17, 15) is 9.59 Å². The quantitative estimate of drug-likeness (QED) is 0.682. The second-order valence-corrected chi connectivity index (χ2v) is 3.62. The molecule has 0 unspecified atom stereocenters. The van der Waals surface area contributed by atoms with Crippen LogP contribution in [0.1, 0.15) is 6.92 Å². The highest BCUT2D eigenvalue weighted by molar-refractivity contribution is 5.71. The third-order valence-corrected chi connectivity index (χ3v) is 2.25. The van der Waals surface area contributed by atoms with E-state index in [0.29, 0.717) is 12.3 Å². The van der Waals surface area contributed by atoms with Gasteiger partial charge in [0.05, 0.1) is 12.9 Å². The molecule has 102 valence electrons. The van der Waals surface area contributed by atoms with Crippen LogP contribution in [0.3, 0.4) is 0 Å². The standard InChI is InChI=1S/C10H13N5O4/c1-2-19-6(16)3-18-5-15-4-12-7-8(15)13-10(11)14-9(7)17/h4H,2-3,5H2,1H3,(H3,11,13,14,17). The molecule has 9 nitrogen and oxygen atoms in total. The van der Waals surface area contributed by atoms with Crippen LogP contribution in [0.25, 0.3) is 11.2 Å². The van der Waals surface area contributed by atoms with E-state index >= 15 is 0 Å². The molecule has 0 radical (unpaired) electrons. The molecule has 0 atom stereocenters. The Labute approximate surface area is 107 Å². The molecule has 0 saturated heterocycles. The zero-order valence-corrected chi connectivity index (χ0v) is 10.3. The number of carbonyl (C=O) groups is 1. The van der Waals surface area contributed by atoms with Crippen molar-refractivity contribution in [1.29, 1.82) is 0 Å². The minimum atomic E-state index is -0.461. The lowest BCUT2D eigenvalue weighted by Gasteiger charge is -2.05. The minimum Gasteiger partial charge on any atom is -0.464 e. The first-order chi connectivity index (χ1) is 9.11. The van der Waals surface area contributed by atoms with Crippen molar-refractivity contribution < 1.29 is 14.3 Å². The zero-order chi connectivity index (χ0) is 13.8. The average molecular weight is 267 g/mol. The van der Waals surface area contributed by atoms with Crippen molar-refractivity contribution >= 4 is 23.1 Å². The van der Waals surface area contributed by atoms with Gasteiger partial charge in [0.15, 0.2) is 11.2 Å². The summed E-state index contributed by atoms with van der Waals surface area (Å²) in [5.74, 6) is -0.470. The molecule has 0 amide bonds. The second-order valence-electron chi connectivity index (χ2n) is 3.62. The van der Waals surface area contributed by atoms with Crippen LogP contribution < -0.4 is 11.3 Å². The number of ether oxygens (including phenoxy) is 2. The normalized spacial score (nSPS) is 10.8. The Morgan fingerprint density at radius 2 is 2.37 bits per heavy atom. The average Bonchev–Trinajstić information content (AvgIpc) is 2.73. The largest absolute Gasteiger partial charge is 0.464 e. The van der Waals surface area contributed by atoms with E-state index in [1.807, 2.05) is 0 Å². The highest BCUT2D eigenvalue weighted by Crippen LogP contribution is 2.06. The van der Waals surface area contributed by atoms with Crippen molar-refractivity contribution in [3.05, 3.63) is 16.7 Å². The van der Waals surface area contributed by atoms with Crippen molar-refractivity contribution in [2.75, 3.05) is 18.9 Å². The number of fused-ring (bicyclic) bond motifs is 1. The Kier molecular flexibility index (Phi) is 3.76. The number of nitrogens with one attached hydrogen (secondary N) is 1. The highest BCUT2D eigenvalue weighted by atomic mass is 16.6. The number of rotatable bonds is 5. The smallest absolute Gasteiger partial charge is 0.332 e. The number of H-pyrrole nitrogens is 1. The number of anilines is 1. The molecule has 9 heteroatoms. The Morgan fingerprint density at radius 3 is 3.11 bits per heavy atom. The number of aromatic amines is 1. The monoisotopic (exact) mass is 267 g/mol. The minimum absolute atomic E-state index is 0.00959. The van der Waals surface area contributed by atoms with Crippen LogP contribution >= 0.6 is 0 Å². The second kappa shape index (κ2) is 5.48. The molecule has 0 bridgehead atoms. The molecule has 3 N–H and O–H groups in total. The summed E-state index contributed by atoms with van der Waals surface area (Å²) in [7, 11) is 0. The third kappa shape index (κ3) is 2.88. The maximum Gasteiger partial charge on any atom is 0.332 e. The van der Waals surface area contributed by atoms with Gasteiger partial charge in [-0.3, -0.25) is 14.3 Å². The van der Waals surface area contributed by atoms with Crippen molar-refractivity contribution in [1.82, 2.24) is 19.5 Å². The molecule has 0 aliphatic rings. The summed E-state index contributed by atoms with van der Waals surface area (Å²) in [6, 6.07) is 0. The van der Waals surface area contributed by atoms with Crippen molar-refractivity contribution in [3.63, 3.8) is 0 Å². The van der Waals surface area contributed by atoms with Crippen LogP contribution in [0.2, 0.25) is 0 Å². The topological polar surface area (TPSA) is 125 Å². The van der Waals surface area contributed by atoms with Gasteiger partial charge in [-0.1, -0.05) is 0 Å². The van der Waals surface area contributed by atoms with Crippen LogP contribution in [0.5, 0.6) is 0 Å². The summed E-state index contributed by atoms with van der Waals surface area (Å²) in [6.45, 7) is 1.83. The number of nitrogens with zero attached hydrogens (tertiary/aromatic N) is 3. The van der Waals surface area contributed by atoms with Gasteiger partial charge >= 0.3 is 5.97 Å². The molecule has 2 rings (SSSR count). The molecule has 2 heterocycles. The molecule has 0 fully saturated rings. The van der Waals surface area contributed by atoms with Crippen LogP contribution in [0.4, 0.5) is 5.95 Å². The lowest BCUT2D eigenvalue weighted by Crippen LogP contribution is -2.15. The van der Waals surface area contributed by atoms with Gasteiger partial charge < -0.3 is 15.2 Å². The summed E-state index contributed by atoms with van der Waals surface area (Å²) < 4.78 is 11.3. The van der Waals surface area contributed by atoms with E-state index in [1.54, 1.807) is 6.92 Å². The Balaban J connectivity index is 2.09. The molecule has 0 aliphatic carbocycles. The van der Waals surface area contributed by atoms with Gasteiger partial charge in [-0.05, 0) is 6.92 Å². The van der Waals surface area contributed by atoms with Crippen LogP contribution in [0, 0.1) is 0 Å². The molecule has 0 spiro atoms. The molecule has 19 heavy (non-hydrogen) atoms. The van der Waals surface area contributed by atoms with Crippen molar-refractivity contribution in [2.45, 2.75) is 13.7 Å². The number of imidazole rings is 1. The van der Waals surface area contributed by atoms with E-state index in [4.69, 9.17) is 15.2 Å². The maximum absolute atomic E-state index is 11.5. The first kappa shape index (κ1) is 13.0. The van der Waals surface area contributed by atoms with Crippen LogP contribution in [-0.2, 0) is 21.0 Å². The van der Waals surface area contributed by atoms with Gasteiger partial charge in [0.1, 0.15) is 13.3 Å². The number of nitrogen functional groups attached to an aromatic ring is 1. The van der Waals surface area contributed by atoms with Crippen molar-refractivity contribution in [2.24, 2.45) is 0 Å². The lowest BCUT2D eigenvalue weighted by molar-refractivity contribution is -0.149. The molecule has 0 aliphatic heterocycles. The van der Waals surface area contributed by atoms with E-state index < -0.39 is 11.5 Å². The number of hydrogen-bond donors (Lipinski definition) is 2. The third-order valence-electron chi connectivity index (χ3n) is 2.25.